The van der Waals surface area contributed by atoms with Crippen molar-refractivity contribution in [1.82, 2.24) is 0 Å². The Morgan fingerprint density at radius 1 is 1.70 bits per heavy atom. The summed E-state index contributed by atoms with van der Waals surface area (Å²) in [6.07, 6.45) is -0.951. The summed E-state index contributed by atoms with van der Waals surface area (Å²) in [6, 6.07) is 0. The van der Waals surface area contributed by atoms with Gasteiger partial charge in [0.15, 0.2) is 0 Å². The minimum atomic E-state index is -1.01. The van der Waals surface area contributed by atoms with E-state index < -0.39 is 18.0 Å². The van der Waals surface area contributed by atoms with E-state index in [1.54, 1.807) is 0 Å². The number of carboxylic acid groups (broad SMARTS) is 1. The molecule has 1 amide bonds. The first kappa shape index (κ1) is 8.74. The Morgan fingerprint density at radius 2 is 2.20 bits per heavy atom. The number of hydrogen-bond donors (Lipinski definition) is 2. The van der Waals surface area contributed by atoms with E-state index in [4.69, 9.17) is 5.11 Å². The molecular weight excluding hydrogens is 138 g/mol. The molecule has 10 heavy (non-hydrogen) atoms. The Bertz CT molecular complexity index is 145. The van der Waals surface area contributed by atoms with Gasteiger partial charge < -0.3 is 15.6 Å². The van der Waals surface area contributed by atoms with Crippen LogP contribution in [-0.2, 0) is 9.53 Å². The van der Waals surface area contributed by atoms with Crippen molar-refractivity contribution < 1.29 is 19.4 Å². The number of ether oxygens (including phenoxy) is 1. The summed E-state index contributed by atoms with van der Waals surface area (Å²) in [5.41, 5.74) is 4.59. The normalized spacial score (nSPS) is 12.1. The van der Waals surface area contributed by atoms with E-state index in [0.717, 1.165) is 0 Å². The molecule has 0 fully saturated rings. The van der Waals surface area contributed by atoms with Crippen LogP contribution >= 0.6 is 0 Å². The summed E-state index contributed by atoms with van der Waals surface area (Å²) in [4.78, 5) is 20.0. The molecule has 0 unspecified atom stereocenters. The summed E-state index contributed by atoms with van der Waals surface area (Å²) in [6.45, 7) is 1.25. The molecule has 0 aromatic rings. The minimum Gasteiger partial charge on any atom is -0.481 e. The Kier molecular flexibility index (Phi) is 3.24. The third-order valence-electron chi connectivity index (χ3n) is 0.897. The smallest absolute Gasteiger partial charge is 0.404 e. The molecule has 0 aromatic carbocycles. The fraction of sp³-hybridized carbons (Fsp3) is 0.600. The third kappa shape index (κ3) is 3.71. The van der Waals surface area contributed by atoms with Gasteiger partial charge in [-0.2, -0.15) is 0 Å². The van der Waals surface area contributed by atoms with Crippen LogP contribution in [0.5, 0.6) is 0 Å². The van der Waals surface area contributed by atoms with E-state index >= 15 is 0 Å². The van der Waals surface area contributed by atoms with Gasteiger partial charge in [-0.3, -0.25) is 4.79 Å². The van der Waals surface area contributed by atoms with Crippen LogP contribution in [0.1, 0.15) is 6.92 Å². The molecular formula is C5H9NO4. The molecule has 58 valence electrons. The van der Waals surface area contributed by atoms with Crippen molar-refractivity contribution in [2.24, 2.45) is 11.7 Å². The standard InChI is InChI=1S/C5H9NO4/c1-3(4(7)8)2-10-5(6)9/h3H,2H2,1H3,(H2,6,9)(H,7,8)/t3-/m0/s1. The average Bonchev–Trinajstić information content (AvgIpc) is 1.82. The molecule has 0 radical (unpaired) electrons. The Labute approximate surface area is 57.8 Å². The van der Waals surface area contributed by atoms with Gasteiger partial charge >= 0.3 is 12.1 Å². The zero-order chi connectivity index (χ0) is 8.15. The molecule has 5 nitrogen and oxygen atoms in total. The van der Waals surface area contributed by atoms with Crippen LogP contribution in [0.25, 0.3) is 0 Å². The number of nitrogens with two attached hydrogens (primary N) is 1. The van der Waals surface area contributed by atoms with Crippen molar-refractivity contribution in [3.05, 3.63) is 0 Å². The fourth-order valence-corrected chi connectivity index (χ4v) is 0.278. The Balaban J connectivity index is 3.49. The lowest BCUT2D eigenvalue weighted by molar-refractivity contribution is -0.142. The molecule has 0 bridgehead atoms. The molecule has 3 N–H and O–H groups in total. The lowest BCUT2D eigenvalue weighted by Gasteiger charge is -2.03. The van der Waals surface area contributed by atoms with Crippen molar-refractivity contribution >= 4 is 12.1 Å². The Hall–Kier alpha value is -1.26. The fourth-order valence-electron chi connectivity index (χ4n) is 0.278. The van der Waals surface area contributed by atoms with Crippen LogP contribution in [0.4, 0.5) is 4.79 Å². The van der Waals surface area contributed by atoms with E-state index in [9.17, 15) is 9.59 Å². The number of primary amides is 1. The number of carboxylic acids is 1. The Morgan fingerprint density at radius 3 is 2.50 bits per heavy atom. The molecule has 0 aliphatic rings. The second-order valence-electron chi connectivity index (χ2n) is 1.87. The molecule has 0 saturated carbocycles. The lowest BCUT2D eigenvalue weighted by atomic mass is 10.2. The van der Waals surface area contributed by atoms with E-state index in [-0.39, 0.29) is 6.61 Å². The van der Waals surface area contributed by atoms with Crippen molar-refractivity contribution in [1.29, 1.82) is 0 Å². The van der Waals surface area contributed by atoms with Crippen molar-refractivity contribution in [2.75, 3.05) is 6.61 Å². The highest BCUT2D eigenvalue weighted by molar-refractivity contribution is 5.70. The molecule has 0 heterocycles. The predicted molar refractivity (Wildman–Crippen MR) is 32.3 cm³/mol. The van der Waals surface area contributed by atoms with Crippen LogP contribution in [-0.4, -0.2) is 23.8 Å². The SMILES string of the molecule is C[C@@H](COC(N)=O)C(=O)O. The maximum atomic E-state index is 10.1. The van der Waals surface area contributed by atoms with Crippen molar-refractivity contribution in [3.63, 3.8) is 0 Å². The molecule has 0 rings (SSSR count). The van der Waals surface area contributed by atoms with Crippen LogP contribution < -0.4 is 5.73 Å². The van der Waals surface area contributed by atoms with E-state index in [0.29, 0.717) is 0 Å². The molecule has 0 aliphatic heterocycles. The number of aliphatic carboxylic acids is 1. The maximum Gasteiger partial charge on any atom is 0.404 e. The van der Waals surface area contributed by atoms with Crippen LogP contribution in [0.3, 0.4) is 0 Å². The van der Waals surface area contributed by atoms with Gasteiger partial charge in [0, 0.05) is 0 Å². The van der Waals surface area contributed by atoms with Gasteiger partial charge in [-0.05, 0) is 6.92 Å². The lowest BCUT2D eigenvalue weighted by Crippen LogP contribution is -2.21. The van der Waals surface area contributed by atoms with Gasteiger partial charge in [0.25, 0.3) is 0 Å². The first-order valence-corrected chi connectivity index (χ1v) is 2.69. The number of hydrogen-bond acceptors (Lipinski definition) is 3. The predicted octanol–water partition coefficient (Wildman–Crippen LogP) is -0.198. The maximum absolute atomic E-state index is 10.1. The second-order valence-corrected chi connectivity index (χ2v) is 1.87. The van der Waals surface area contributed by atoms with Crippen LogP contribution in [0.2, 0.25) is 0 Å². The molecule has 5 heteroatoms. The first-order chi connectivity index (χ1) is 4.54. The van der Waals surface area contributed by atoms with Gasteiger partial charge in [-0.1, -0.05) is 0 Å². The van der Waals surface area contributed by atoms with Gasteiger partial charge in [0.1, 0.15) is 6.61 Å². The van der Waals surface area contributed by atoms with Gasteiger partial charge in [0.05, 0.1) is 5.92 Å². The summed E-state index contributed by atoms with van der Waals surface area (Å²) in [5.74, 6) is -1.71. The van der Waals surface area contributed by atoms with Gasteiger partial charge in [-0.25, -0.2) is 4.79 Å². The zero-order valence-corrected chi connectivity index (χ0v) is 5.53. The third-order valence-corrected chi connectivity index (χ3v) is 0.897. The summed E-state index contributed by atoms with van der Waals surface area (Å²) in [5, 5.41) is 8.26. The van der Waals surface area contributed by atoms with Gasteiger partial charge in [-0.15, -0.1) is 0 Å². The van der Waals surface area contributed by atoms with Crippen molar-refractivity contribution in [2.45, 2.75) is 6.92 Å². The number of amides is 1. The quantitative estimate of drug-likeness (QED) is 0.578. The summed E-state index contributed by atoms with van der Waals surface area (Å²) >= 11 is 0. The number of rotatable bonds is 3. The largest absolute Gasteiger partial charge is 0.481 e. The highest BCUT2D eigenvalue weighted by atomic mass is 16.5. The highest BCUT2D eigenvalue weighted by Gasteiger charge is 2.11. The zero-order valence-electron chi connectivity index (χ0n) is 5.53. The van der Waals surface area contributed by atoms with E-state index in [1.807, 2.05) is 0 Å². The van der Waals surface area contributed by atoms with Crippen LogP contribution in [0, 0.1) is 5.92 Å². The monoisotopic (exact) mass is 147 g/mol. The molecule has 0 aromatic heterocycles. The molecule has 0 aliphatic carbocycles. The number of carbonyl (C=O) groups excluding carboxylic acids is 1. The van der Waals surface area contributed by atoms with Crippen molar-refractivity contribution in [3.8, 4) is 0 Å². The number of carbonyl (C=O) groups is 2. The summed E-state index contributed by atoms with van der Waals surface area (Å²) < 4.78 is 4.22. The topological polar surface area (TPSA) is 89.6 Å². The average molecular weight is 147 g/mol. The van der Waals surface area contributed by atoms with E-state index in [1.165, 1.54) is 6.92 Å². The van der Waals surface area contributed by atoms with Gasteiger partial charge in [0.2, 0.25) is 0 Å². The first-order valence-electron chi connectivity index (χ1n) is 2.69. The van der Waals surface area contributed by atoms with Crippen LogP contribution in [0.15, 0.2) is 0 Å². The minimum absolute atomic E-state index is 0.176. The second kappa shape index (κ2) is 3.71. The highest BCUT2D eigenvalue weighted by Crippen LogP contribution is 1.94. The summed E-state index contributed by atoms with van der Waals surface area (Å²) in [7, 11) is 0. The molecule has 1 atom stereocenters. The molecule has 0 spiro atoms. The van der Waals surface area contributed by atoms with E-state index in [2.05, 4.69) is 10.5 Å². The molecule has 0 saturated heterocycles.